The fourth-order valence-corrected chi connectivity index (χ4v) is 2.12. The first-order valence-corrected chi connectivity index (χ1v) is 6.46. The second kappa shape index (κ2) is 6.77. The van der Waals surface area contributed by atoms with E-state index in [4.69, 9.17) is 5.73 Å². The minimum atomic E-state index is 0.360. The molecule has 0 heterocycles. The van der Waals surface area contributed by atoms with Crippen LogP contribution in [0.25, 0.3) is 0 Å². The highest BCUT2D eigenvalue weighted by atomic mass is 14.9. The van der Waals surface area contributed by atoms with Crippen molar-refractivity contribution in [2.24, 2.45) is 17.1 Å². The summed E-state index contributed by atoms with van der Waals surface area (Å²) in [4.78, 5) is 0. The van der Waals surface area contributed by atoms with Gasteiger partial charge in [0.25, 0.3) is 0 Å². The van der Waals surface area contributed by atoms with Crippen LogP contribution in [0.2, 0.25) is 0 Å². The Hall–Kier alpha value is -0.860. The minimum Gasteiger partial charge on any atom is -0.330 e. The van der Waals surface area contributed by atoms with Gasteiger partial charge in [-0.1, -0.05) is 51.1 Å². The summed E-state index contributed by atoms with van der Waals surface area (Å²) in [6.07, 6.45) is 1.17. The van der Waals surface area contributed by atoms with Gasteiger partial charge in [-0.15, -0.1) is 0 Å². The summed E-state index contributed by atoms with van der Waals surface area (Å²) >= 11 is 0. The van der Waals surface area contributed by atoms with Gasteiger partial charge in [0.2, 0.25) is 0 Å². The van der Waals surface area contributed by atoms with Crippen molar-refractivity contribution in [3.63, 3.8) is 0 Å². The molecule has 1 unspecified atom stereocenters. The molecule has 0 aromatic heterocycles. The van der Waals surface area contributed by atoms with E-state index in [9.17, 15) is 0 Å². The molecule has 0 fully saturated rings. The van der Waals surface area contributed by atoms with Crippen LogP contribution in [0.15, 0.2) is 30.3 Å². The average Bonchev–Trinajstić information content (AvgIpc) is 2.27. The van der Waals surface area contributed by atoms with Gasteiger partial charge in [0.15, 0.2) is 0 Å². The van der Waals surface area contributed by atoms with E-state index in [1.54, 1.807) is 0 Å². The summed E-state index contributed by atoms with van der Waals surface area (Å²) in [6.45, 7) is 9.51. The van der Waals surface area contributed by atoms with Gasteiger partial charge in [-0.2, -0.15) is 0 Å². The van der Waals surface area contributed by atoms with Gasteiger partial charge in [-0.3, -0.25) is 0 Å². The molecule has 0 amide bonds. The molecule has 0 aliphatic carbocycles. The molecule has 17 heavy (non-hydrogen) atoms. The second-order valence-electron chi connectivity index (χ2n) is 5.98. The maximum atomic E-state index is 5.82. The normalized spacial score (nSPS) is 13.6. The highest BCUT2D eigenvalue weighted by molar-refractivity contribution is 5.14. The molecule has 0 saturated heterocycles. The van der Waals surface area contributed by atoms with E-state index >= 15 is 0 Å². The summed E-state index contributed by atoms with van der Waals surface area (Å²) < 4.78 is 0. The largest absolute Gasteiger partial charge is 0.330 e. The molecular weight excluding hydrogens is 208 g/mol. The Morgan fingerprint density at radius 1 is 1.18 bits per heavy atom. The standard InChI is InChI=1S/C15H26N2/c1-15(2,3)9-14(10-16)12-17-11-13-7-5-4-6-8-13/h4-8,14,17H,9-12,16H2,1-3H3. The minimum absolute atomic E-state index is 0.360. The Labute approximate surface area is 106 Å². The molecule has 1 rings (SSSR count). The van der Waals surface area contributed by atoms with Crippen molar-refractivity contribution >= 4 is 0 Å². The monoisotopic (exact) mass is 234 g/mol. The summed E-state index contributed by atoms with van der Waals surface area (Å²) in [5.74, 6) is 0.568. The molecular formula is C15H26N2. The van der Waals surface area contributed by atoms with Crippen molar-refractivity contribution in [3.8, 4) is 0 Å². The lowest BCUT2D eigenvalue weighted by Crippen LogP contribution is -2.31. The average molecular weight is 234 g/mol. The lowest BCUT2D eigenvalue weighted by Gasteiger charge is -2.25. The van der Waals surface area contributed by atoms with Gasteiger partial charge in [0.05, 0.1) is 0 Å². The molecule has 3 N–H and O–H groups in total. The van der Waals surface area contributed by atoms with Crippen LogP contribution in [0.1, 0.15) is 32.8 Å². The number of hydrogen-bond donors (Lipinski definition) is 2. The lowest BCUT2D eigenvalue weighted by atomic mass is 9.84. The van der Waals surface area contributed by atoms with Crippen LogP contribution in [0.5, 0.6) is 0 Å². The van der Waals surface area contributed by atoms with Gasteiger partial charge in [-0.05, 0) is 36.4 Å². The molecule has 2 nitrogen and oxygen atoms in total. The molecule has 0 saturated carbocycles. The Bertz CT molecular complexity index is 300. The van der Waals surface area contributed by atoms with Crippen molar-refractivity contribution in [1.29, 1.82) is 0 Å². The first-order valence-electron chi connectivity index (χ1n) is 6.46. The lowest BCUT2D eigenvalue weighted by molar-refractivity contribution is 0.289. The maximum Gasteiger partial charge on any atom is 0.0205 e. The zero-order chi connectivity index (χ0) is 12.7. The van der Waals surface area contributed by atoms with Crippen molar-refractivity contribution < 1.29 is 0 Å². The molecule has 96 valence electrons. The van der Waals surface area contributed by atoms with E-state index in [0.717, 1.165) is 19.6 Å². The first-order chi connectivity index (χ1) is 8.01. The molecule has 0 aliphatic heterocycles. The van der Waals surface area contributed by atoms with Gasteiger partial charge in [0, 0.05) is 6.54 Å². The van der Waals surface area contributed by atoms with Crippen LogP contribution in [-0.2, 0) is 6.54 Å². The van der Waals surface area contributed by atoms with Gasteiger partial charge >= 0.3 is 0 Å². The third kappa shape index (κ3) is 6.44. The summed E-state index contributed by atoms with van der Waals surface area (Å²) in [5, 5.41) is 3.50. The Kier molecular flexibility index (Phi) is 5.66. The van der Waals surface area contributed by atoms with Gasteiger partial charge in [0.1, 0.15) is 0 Å². The fraction of sp³-hybridized carbons (Fsp3) is 0.600. The zero-order valence-corrected chi connectivity index (χ0v) is 11.4. The number of benzene rings is 1. The van der Waals surface area contributed by atoms with Crippen molar-refractivity contribution in [1.82, 2.24) is 5.32 Å². The molecule has 2 heteroatoms. The summed E-state index contributed by atoms with van der Waals surface area (Å²) in [7, 11) is 0. The zero-order valence-electron chi connectivity index (χ0n) is 11.4. The SMILES string of the molecule is CC(C)(C)CC(CN)CNCc1ccccc1. The van der Waals surface area contributed by atoms with Crippen LogP contribution in [0.4, 0.5) is 0 Å². The molecule has 1 aromatic carbocycles. The van der Waals surface area contributed by atoms with E-state index in [0.29, 0.717) is 11.3 Å². The molecule has 0 radical (unpaired) electrons. The Morgan fingerprint density at radius 2 is 1.82 bits per heavy atom. The van der Waals surface area contributed by atoms with Crippen LogP contribution < -0.4 is 11.1 Å². The topological polar surface area (TPSA) is 38.0 Å². The van der Waals surface area contributed by atoms with Gasteiger partial charge in [-0.25, -0.2) is 0 Å². The smallest absolute Gasteiger partial charge is 0.0205 e. The van der Waals surface area contributed by atoms with E-state index in [-0.39, 0.29) is 0 Å². The van der Waals surface area contributed by atoms with E-state index < -0.39 is 0 Å². The predicted octanol–water partition coefficient (Wildman–Crippen LogP) is 2.79. The van der Waals surface area contributed by atoms with Crippen LogP contribution in [-0.4, -0.2) is 13.1 Å². The highest BCUT2D eigenvalue weighted by Gasteiger charge is 2.17. The number of rotatable bonds is 6. The molecule has 0 aliphatic rings. The summed E-state index contributed by atoms with van der Waals surface area (Å²) in [5.41, 5.74) is 7.51. The number of nitrogens with two attached hydrogens (primary N) is 1. The second-order valence-corrected chi connectivity index (χ2v) is 5.98. The number of nitrogens with one attached hydrogen (secondary N) is 1. The fourth-order valence-electron chi connectivity index (χ4n) is 2.12. The predicted molar refractivity (Wildman–Crippen MR) is 74.8 cm³/mol. The molecule has 0 bridgehead atoms. The maximum absolute atomic E-state index is 5.82. The van der Waals surface area contributed by atoms with Crippen LogP contribution in [0.3, 0.4) is 0 Å². The van der Waals surface area contributed by atoms with Crippen molar-refractivity contribution in [3.05, 3.63) is 35.9 Å². The van der Waals surface area contributed by atoms with Crippen molar-refractivity contribution in [2.45, 2.75) is 33.7 Å². The van der Waals surface area contributed by atoms with Crippen molar-refractivity contribution in [2.75, 3.05) is 13.1 Å². The van der Waals surface area contributed by atoms with Crippen LogP contribution in [0, 0.1) is 11.3 Å². The van der Waals surface area contributed by atoms with Crippen LogP contribution >= 0.6 is 0 Å². The Morgan fingerprint density at radius 3 is 2.35 bits per heavy atom. The van der Waals surface area contributed by atoms with E-state index in [1.165, 1.54) is 12.0 Å². The molecule has 1 aromatic rings. The first kappa shape index (κ1) is 14.2. The highest BCUT2D eigenvalue weighted by Crippen LogP contribution is 2.23. The van der Waals surface area contributed by atoms with E-state index in [2.05, 4.69) is 50.4 Å². The van der Waals surface area contributed by atoms with E-state index in [1.807, 2.05) is 6.07 Å². The third-order valence-electron chi connectivity index (χ3n) is 2.84. The number of hydrogen-bond acceptors (Lipinski definition) is 2. The van der Waals surface area contributed by atoms with Gasteiger partial charge < -0.3 is 11.1 Å². The molecule has 1 atom stereocenters. The Balaban J connectivity index is 2.29. The molecule has 0 spiro atoms. The quantitative estimate of drug-likeness (QED) is 0.794. The third-order valence-corrected chi connectivity index (χ3v) is 2.84. The summed E-state index contributed by atoms with van der Waals surface area (Å²) in [6, 6.07) is 10.5.